The lowest BCUT2D eigenvalue weighted by Gasteiger charge is -2.32. The van der Waals surface area contributed by atoms with Crippen LogP contribution < -0.4 is 0 Å². The molecule has 0 atom stereocenters. The zero-order valence-corrected chi connectivity index (χ0v) is 13.5. The molecule has 0 radical (unpaired) electrons. The summed E-state index contributed by atoms with van der Waals surface area (Å²) in [6.07, 6.45) is 2.18. The smallest absolute Gasteiger partial charge is 0.211 e. The van der Waals surface area contributed by atoms with Crippen molar-refractivity contribution in [2.24, 2.45) is 0 Å². The van der Waals surface area contributed by atoms with Gasteiger partial charge in [-0.25, -0.2) is 8.42 Å². The third-order valence-corrected chi connectivity index (χ3v) is 6.03. The van der Waals surface area contributed by atoms with Gasteiger partial charge in [-0.05, 0) is 18.6 Å². The van der Waals surface area contributed by atoms with Gasteiger partial charge >= 0.3 is 0 Å². The highest BCUT2D eigenvalue weighted by atomic mass is 32.2. The Morgan fingerprint density at radius 1 is 1.25 bits per heavy atom. The Bertz CT molecular complexity index is 572. The van der Waals surface area contributed by atoms with Gasteiger partial charge in [0.25, 0.3) is 0 Å². The maximum atomic E-state index is 12.2. The maximum Gasteiger partial charge on any atom is 0.211 e. The van der Waals surface area contributed by atoms with E-state index in [0.29, 0.717) is 32.7 Å². The number of carbonyl (C=O) groups excluding carboxylic acids is 1. The lowest BCUT2D eigenvalue weighted by atomic mass is 10.2. The minimum atomic E-state index is -3.11. The second-order valence-corrected chi connectivity index (χ2v) is 8.13. The predicted molar refractivity (Wildman–Crippen MR) is 80.9 cm³/mol. The minimum absolute atomic E-state index is 0.127. The summed E-state index contributed by atoms with van der Waals surface area (Å²) in [5.41, 5.74) is 0. The average molecular weight is 316 g/mol. The van der Waals surface area contributed by atoms with Crippen LogP contribution in [0.1, 0.15) is 21.5 Å². The Balaban J connectivity index is 1.88. The first-order chi connectivity index (χ1) is 9.40. The average Bonchev–Trinajstić information content (AvgIpc) is 2.87. The van der Waals surface area contributed by atoms with Crippen molar-refractivity contribution in [1.29, 1.82) is 0 Å². The maximum absolute atomic E-state index is 12.2. The van der Waals surface area contributed by atoms with Crippen LogP contribution in [0.15, 0.2) is 12.1 Å². The van der Waals surface area contributed by atoms with Gasteiger partial charge in [-0.1, -0.05) is 6.92 Å². The van der Waals surface area contributed by atoms with E-state index in [1.807, 2.05) is 17.0 Å². The summed E-state index contributed by atoms with van der Waals surface area (Å²) in [5, 5.41) is 0. The van der Waals surface area contributed by atoms with Crippen LogP contribution in [0.4, 0.5) is 0 Å². The molecule has 20 heavy (non-hydrogen) atoms. The lowest BCUT2D eigenvalue weighted by Crippen LogP contribution is -2.49. The third-order valence-electron chi connectivity index (χ3n) is 3.45. The van der Waals surface area contributed by atoms with Gasteiger partial charge in [0, 0.05) is 31.1 Å². The zero-order chi connectivity index (χ0) is 14.8. The highest BCUT2D eigenvalue weighted by Gasteiger charge is 2.24. The van der Waals surface area contributed by atoms with Crippen LogP contribution in [-0.4, -0.2) is 62.4 Å². The molecule has 1 aromatic rings. The summed E-state index contributed by atoms with van der Waals surface area (Å²) in [4.78, 5) is 16.2. The van der Waals surface area contributed by atoms with E-state index in [-0.39, 0.29) is 5.78 Å². The quantitative estimate of drug-likeness (QED) is 0.763. The molecular formula is C13H20N2O3S2. The Labute approximate surface area is 124 Å². The largest absolute Gasteiger partial charge is 0.293 e. The number of thiophene rings is 1. The third kappa shape index (κ3) is 3.88. The molecule has 1 aromatic heterocycles. The number of piperazine rings is 1. The summed E-state index contributed by atoms with van der Waals surface area (Å²) < 4.78 is 24.3. The first kappa shape index (κ1) is 15.6. The van der Waals surface area contributed by atoms with Crippen molar-refractivity contribution in [3.63, 3.8) is 0 Å². The van der Waals surface area contributed by atoms with E-state index in [9.17, 15) is 13.2 Å². The molecule has 112 valence electrons. The highest BCUT2D eigenvalue weighted by Crippen LogP contribution is 2.18. The van der Waals surface area contributed by atoms with Crippen LogP contribution >= 0.6 is 11.3 Å². The van der Waals surface area contributed by atoms with Gasteiger partial charge in [-0.15, -0.1) is 11.3 Å². The van der Waals surface area contributed by atoms with Gasteiger partial charge in [0.2, 0.25) is 10.0 Å². The van der Waals surface area contributed by atoms with Gasteiger partial charge in [-0.2, -0.15) is 4.31 Å². The molecular weight excluding hydrogens is 296 g/mol. The molecule has 5 nitrogen and oxygen atoms in total. The van der Waals surface area contributed by atoms with E-state index < -0.39 is 10.0 Å². The molecule has 1 fully saturated rings. The molecule has 0 spiro atoms. The number of sulfonamides is 1. The molecule has 0 amide bonds. The summed E-state index contributed by atoms with van der Waals surface area (Å²) >= 11 is 1.55. The molecule has 0 aliphatic carbocycles. The topological polar surface area (TPSA) is 57.7 Å². The van der Waals surface area contributed by atoms with Crippen molar-refractivity contribution in [1.82, 2.24) is 9.21 Å². The Kier molecular flexibility index (Phi) is 4.95. The van der Waals surface area contributed by atoms with Crippen molar-refractivity contribution >= 4 is 27.1 Å². The van der Waals surface area contributed by atoms with Gasteiger partial charge in [0.1, 0.15) is 0 Å². The number of carbonyl (C=O) groups is 1. The predicted octanol–water partition coefficient (Wildman–Crippen LogP) is 1.07. The first-order valence-corrected chi connectivity index (χ1v) is 9.36. The standard InChI is InChI=1S/C13H20N2O3S2/c1-3-11-4-5-13(19-11)12(16)10-14-6-8-15(9-7-14)20(2,17)18/h4-5H,3,6-10H2,1-2H3. The molecule has 0 N–H and O–H groups in total. The summed E-state index contributed by atoms with van der Waals surface area (Å²) in [6, 6.07) is 3.89. The van der Waals surface area contributed by atoms with Crippen LogP contribution in [-0.2, 0) is 16.4 Å². The normalized spacial score (nSPS) is 18.3. The monoisotopic (exact) mass is 316 g/mol. The Morgan fingerprint density at radius 3 is 2.40 bits per heavy atom. The second-order valence-electron chi connectivity index (χ2n) is 4.98. The Morgan fingerprint density at radius 2 is 1.90 bits per heavy atom. The molecule has 2 rings (SSSR count). The summed E-state index contributed by atoms with van der Waals surface area (Å²) in [7, 11) is -3.11. The fourth-order valence-electron chi connectivity index (χ4n) is 2.22. The van der Waals surface area contributed by atoms with E-state index in [0.717, 1.165) is 11.3 Å². The van der Waals surface area contributed by atoms with Crippen LogP contribution in [0.25, 0.3) is 0 Å². The van der Waals surface area contributed by atoms with Gasteiger partial charge in [-0.3, -0.25) is 9.69 Å². The van der Waals surface area contributed by atoms with Gasteiger partial charge < -0.3 is 0 Å². The van der Waals surface area contributed by atoms with Crippen molar-refractivity contribution in [3.8, 4) is 0 Å². The van der Waals surface area contributed by atoms with Crippen LogP contribution in [0, 0.1) is 0 Å². The van der Waals surface area contributed by atoms with Gasteiger partial charge in [0.15, 0.2) is 5.78 Å². The van der Waals surface area contributed by atoms with Crippen LogP contribution in [0.3, 0.4) is 0 Å². The van der Waals surface area contributed by atoms with E-state index in [4.69, 9.17) is 0 Å². The molecule has 0 unspecified atom stereocenters. The fraction of sp³-hybridized carbons (Fsp3) is 0.615. The SMILES string of the molecule is CCc1ccc(C(=O)CN2CCN(S(C)(=O)=O)CC2)s1. The lowest BCUT2D eigenvalue weighted by molar-refractivity contribution is 0.0906. The summed E-state index contributed by atoms with van der Waals surface area (Å²) in [6.45, 7) is 4.62. The number of hydrogen-bond donors (Lipinski definition) is 0. The van der Waals surface area contributed by atoms with Crippen molar-refractivity contribution in [2.75, 3.05) is 39.0 Å². The molecule has 0 aromatic carbocycles. The highest BCUT2D eigenvalue weighted by molar-refractivity contribution is 7.88. The fourth-order valence-corrected chi connectivity index (χ4v) is 3.92. The van der Waals surface area contributed by atoms with Crippen LogP contribution in [0.2, 0.25) is 0 Å². The Hall–Kier alpha value is -0.760. The van der Waals surface area contributed by atoms with Gasteiger partial charge in [0.05, 0.1) is 17.7 Å². The molecule has 1 aliphatic heterocycles. The summed E-state index contributed by atoms with van der Waals surface area (Å²) in [5.74, 6) is 0.127. The molecule has 0 saturated carbocycles. The molecule has 2 heterocycles. The number of Topliss-reactive ketones (excluding diaryl/α,β-unsaturated/α-hetero) is 1. The first-order valence-electron chi connectivity index (χ1n) is 6.69. The van der Waals surface area contributed by atoms with E-state index in [1.54, 1.807) is 11.3 Å². The molecule has 1 aliphatic rings. The number of aryl methyl sites for hydroxylation is 1. The van der Waals surface area contributed by atoms with Crippen molar-refractivity contribution < 1.29 is 13.2 Å². The minimum Gasteiger partial charge on any atom is -0.293 e. The van der Waals surface area contributed by atoms with Crippen LogP contribution in [0.5, 0.6) is 0 Å². The number of nitrogens with zero attached hydrogens (tertiary/aromatic N) is 2. The van der Waals surface area contributed by atoms with Crippen molar-refractivity contribution in [2.45, 2.75) is 13.3 Å². The number of ketones is 1. The molecule has 7 heteroatoms. The second kappa shape index (κ2) is 6.34. The zero-order valence-electron chi connectivity index (χ0n) is 11.8. The molecule has 0 bridgehead atoms. The van der Waals surface area contributed by atoms with E-state index >= 15 is 0 Å². The molecule has 1 saturated heterocycles. The van der Waals surface area contributed by atoms with Crippen molar-refractivity contribution in [3.05, 3.63) is 21.9 Å². The number of rotatable bonds is 5. The number of hydrogen-bond acceptors (Lipinski definition) is 5. The van der Waals surface area contributed by atoms with E-state index in [1.165, 1.54) is 15.4 Å². The van der Waals surface area contributed by atoms with E-state index in [2.05, 4.69) is 6.92 Å².